The molecule has 0 radical (unpaired) electrons. The summed E-state index contributed by atoms with van der Waals surface area (Å²) in [5.41, 5.74) is 0.0726. The SMILES string of the molecule is CCCOC(=O)/C(=N\O)C(C)C. The predicted octanol–water partition coefficient (Wildman–Crippen LogP) is 1.43. The Hall–Kier alpha value is -1.06. The highest BCUT2D eigenvalue weighted by molar-refractivity contribution is 6.36. The van der Waals surface area contributed by atoms with Gasteiger partial charge in [0.2, 0.25) is 0 Å². The highest BCUT2D eigenvalue weighted by Crippen LogP contribution is 1.99. The van der Waals surface area contributed by atoms with Crippen molar-refractivity contribution in [2.24, 2.45) is 11.1 Å². The van der Waals surface area contributed by atoms with Gasteiger partial charge in [0.1, 0.15) is 0 Å². The van der Waals surface area contributed by atoms with Gasteiger partial charge in [-0.1, -0.05) is 25.9 Å². The Balaban J connectivity index is 4.06. The molecule has 0 aromatic rings. The van der Waals surface area contributed by atoms with Gasteiger partial charge in [-0.05, 0) is 6.42 Å². The molecule has 0 aliphatic carbocycles. The quantitative estimate of drug-likeness (QED) is 0.303. The van der Waals surface area contributed by atoms with Crippen LogP contribution >= 0.6 is 0 Å². The zero-order valence-electron chi connectivity index (χ0n) is 7.70. The highest BCUT2D eigenvalue weighted by Gasteiger charge is 2.16. The molecule has 0 heterocycles. The third-order valence-corrected chi connectivity index (χ3v) is 1.30. The molecule has 4 nitrogen and oxygen atoms in total. The molecule has 0 rings (SSSR count). The summed E-state index contributed by atoms with van der Waals surface area (Å²) in [5.74, 6) is -0.645. The van der Waals surface area contributed by atoms with E-state index in [9.17, 15) is 4.79 Å². The van der Waals surface area contributed by atoms with Crippen LogP contribution in [0.15, 0.2) is 5.16 Å². The maximum Gasteiger partial charge on any atom is 0.356 e. The fourth-order valence-corrected chi connectivity index (χ4v) is 0.661. The van der Waals surface area contributed by atoms with E-state index in [1.807, 2.05) is 6.92 Å². The molecule has 1 N–H and O–H groups in total. The van der Waals surface area contributed by atoms with E-state index in [1.165, 1.54) is 0 Å². The number of carbonyl (C=O) groups excluding carboxylic acids is 1. The van der Waals surface area contributed by atoms with Crippen LogP contribution in [0.4, 0.5) is 0 Å². The molecule has 0 unspecified atom stereocenters. The Labute approximate surface area is 72.2 Å². The first-order chi connectivity index (χ1) is 5.63. The van der Waals surface area contributed by atoms with E-state index in [-0.39, 0.29) is 11.6 Å². The van der Waals surface area contributed by atoms with Crippen molar-refractivity contribution in [3.8, 4) is 0 Å². The lowest BCUT2D eigenvalue weighted by atomic mass is 10.1. The summed E-state index contributed by atoms with van der Waals surface area (Å²) in [7, 11) is 0. The average Bonchev–Trinajstić information content (AvgIpc) is 2.01. The van der Waals surface area contributed by atoms with Gasteiger partial charge in [0.05, 0.1) is 6.61 Å². The molecule has 0 bridgehead atoms. The zero-order chi connectivity index (χ0) is 9.56. The molecule has 0 aliphatic rings. The summed E-state index contributed by atoms with van der Waals surface area (Å²) in [6, 6.07) is 0. The maximum atomic E-state index is 11.1. The largest absolute Gasteiger partial charge is 0.461 e. The normalized spacial score (nSPS) is 11.8. The second kappa shape index (κ2) is 5.57. The molecular weight excluding hydrogens is 158 g/mol. The van der Waals surface area contributed by atoms with Crippen molar-refractivity contribution >= 4 is 11.7 Å². The summed E-state index contributed by atoms with van der Waals surface area (Å²) in [6.45, 7) is 5.80. The van der Waals surface area contributed by atoms with Crippen molar-refractivity contribution in [3.63, 3.8) is 0 Å². The van der Waals surface area contributed by atoms with Gasteiger partial charge >= 0.3 is 5.97 Å². The van der Waals surface area contributed by atoms with E-state index >= 15 is 0 Å². The number of nitrogens with zero attached hydrogens (tertiary/aromatic N) is 1. The number of carbonyl (C=O) groups is 1. The van der Waals surface area contributed by atoms with Gasteiger partial charge in [-0.15, -0.1) is 0 Å². The summed E-state index contributed by atoms with van der Waals surface area (Å²) in [5, 5.41) is 11.3. The molecule has 12 heavy (non-hydrogen) atoms. The average molecular weight is 173 g/mol. The molecule has 0 spiro atoms. The van der Waals surface area contributed by atoms with E-state index in [2.05, 4.69) is 5.16 Å². The molecule has 0 saturated heterocycles. The smallest absolute Gasteiger partial charge is 0.356 e. The molecule has 0 aromatic carbocycles. The minimum Gasteiger partial charge on any atom is -0.461 e. The van der Waals surface area contributed by atoms with Crippen LogP contribution in [0.3, 0.4) is 0 Å². The first-order valence-corrected chi connectivity index (χ1v) is 4.02. The van der Waals surface area contributed by atoms with Gasteiger partial charge in [0.15, 0.2) is 5.71 Å². The Kier molecular flexibility index (Phi) is 5.08. The van der Waals surface area contributed by atoms with Crippen LogP contribution in [0, 0.1) is 5.92 Å². The van der Waals surface area contributed by atoms with Crippen molar-refractivity contribution in [2.75, 3.05) is 6.61 Å². The maximum absolute atomic E-state index is 11.1. The first kappa shape index (κ1) is 10.9. The standard InChI is InChI=1S/C8H15NO3/c1-4-5-12-8(10)7(9-11)6(2)3/h6,11H,4-5H2,1-3H3/b9-7-. The number of oxime groups is 1. The number of esters is 1. The Morgan fingerprint density at radius 3 is 2.50 bits per heavy atom. The molecule has 0 aromatic heterocycles. The van der Waals surface area contributed by atoms with Crippen molar-refractivity contribution in [3.05, 3.63) is 0 Å². The third-order valence-electron chi connectivity index (χ3n) is 1.30. The second-order valence-electron chi connectivity index (χ2n) is 2.78. The number of hydrogen-bond donors (Lipinski definition) is 1. The highest BCUT2D eigenvalue weighted by atomic mass is 16.5. The lowest BCUT2D eigenvalue weighted by Gasteiger charge is -2.06. The van der Waals surface area contributed by atoms with E-state index in [0.717, 1.165) is 6.42 Å². The topological polar surface area (TPSA) is 58.9 Å². The number of ether oxygens (including phenoxy) is 1. The van der Waals surface area contributed by atoms with Gasteiger partial charge in [0.25, 0.3) is 0 Å². The van der Waals surface area contributed by atoms with Crippen LogP contribution in [0.5, 0.6) is 0 Å². The molecule has 70 valence electrons. The Morgan fingerprint density at radius 2 is 2.17 bits per heavy atom. The molecule has 0 saturated carbocycles. The van der Waals surface area contributed by atoms with E-state index in [4.69, 9.17) is 9.94 Å². The molecular formula is C8H15NO3. The minimum atomic E-state index is -0.533. The van der Waals surface area contributed by atoms with Crippen molar-refractivity contribution < 1.29 is 14.7 Å². The summed E-state index contributed by atoms with van der Waals surface area (Å²) >= 11 is 0. The van der Waals surface area contributed by atoms with Gasteiger partial charge < -0.3 is 9.94 Å². The number of rotatable bonds is 4. The lowest BCUT2D eigenvalue weighted by molar-refractivity contribution is -0.136. The zero-order valence-corrected chi connectivity index (χ0v) is 7.70. The Bertz CT molecular complexity index is 175. The van der Waals surface area contributed by atoms with Crippen LogP contribution in [0.1, 0.15) is 27.2 Å². The van der Waals surface area contributed by atoms with Crippen LogP contribution in [0.2, 0.25) is 0 Å². The van der Waals surface area contributed by atoms with Gasteiger partial charge in [-0.3, -0.25) is 0 Å². The number of hydrogen-bond acceptors (Lipinski definition) is 4. The molecule has 0 amide bonds. The van der Waals surface area contributed by atoms with Crippen LogP contribution in [-0.4, -0.2) is 23.5 Å². The van der Waals surface area contributed by atoms with Gasteiger partial charge in [-0.25, -0.2) is 4.79 Å². The summed E-state index contributed by atoms with van der Waals surface area (Å²) < 4.78 is 4.78. The van der Waals surface area contributed by atoms with Crippen LogP contribution in [-0.2, 0) is 9.53 Å². The predicted molar refractivity (Wildman–Crippen MR) is 45.3 cm³/mol. The van der Waals surface area contributed by atoms with Crippen molar-refractivity contribution in [1.82, 2.24) is 0 Å². The van der Waals surface area contributed by atoms with Crippen molar-refractivity contribution in [1.29, 1.82) is 0 Å². The van der Waals surface area contributed by atoms with Crippen LogP contribution < -0.4 is 0 Å². The van der Waals surface area contributed by atoms with E-state index < -0.39 is 5.97 Å². The minimum absolute atomic E-state index is 0.0726. The van der Waals surface area contributed by atoms with Gasteiger partial charge in [-0.2, -0.15) is 0 Å². The lowest BCUT2D eigenvalue weighted by Crippen LogP contribution is -2.23. The van der Waals surface area contributed by atoms with Crippen LogP contribution in [0.25, 0.3) is 0 Å². The Morgan fingerprint density at radius 1 is 1.58 bits per heavy atom. The first-order valence-electron chi connectivity index (χ1n) is 4.02. The molecule has 0 fully saturated rings. The van der Waals surface area contributed by atoms with E-state index in [0.29, 0.717) is 6.61 Å². The summed E-state index contributed by atoms with van der Waals surface area (Å²) in [4.78, 5) is 11.1. The fourth-order valence-electron chi connectivity index (χ4n) is 0.661. The fraction of sp³-hybridized carbons (Fsp3) is 0.750. The molecule has 4 heteroatoms. The second-order valence-corrected chi connectivity index (χ2v) is 2.78. The summed E-state index contributed by atoms with van der Waals surface area (Å²) in [6.07, 6.45) is 0.766. The van der Waals surface area contributed by atoms with Crippen molar-refractivity contribution in [2.45, 2.75) is 27.2 Å². The molecule has 0 atom stereocenters. The monoisotopic (exact) mass is 173 g/mol. The third kappa shape index (κ3) is 3.37. The molecule has 0 aliphatic heterocycles. The van der Waals surface area contributed by atoms with Gasteiger partial charge in [0, 0.05) is 5.92 Å². The van der Waals surface area contributed by atoms with E-state index in [1.54, 1.807) is 13.8 Å².